The largest absolute Gasteiger partial charge is 0.508 e. The van der Waals surface area contributed by atoms with Gasteiger partial charge in [0.2, 0.25) is 0 Å². The van der Waals surface area contributed by atoms with Crippen molar-refractivity contribution in [3.8, 4) is 5.75 Å². The van der Waals surface area contributed by atoms with E-state index in [-0.39, 0.29) is 5.75 Å². The van der Waals surface area contributed by atoms with E-state index >= 15 is 0 Å². The molecule has 5 heteroatoms. The molecule has 0 aliphatic rings. The van der Waals surface area contributed by atoms with E-state index in [1.165, 1.54) is 6.07 Å². The molecule has 106 valence electrons. The summed E-state index contributed by atoms with van der Waals surface area (Å²) in [5, 5.41) is 13.3. The molecular formula is C14H20BrNO3. The van der Waals surface area contributed by atoms with Gasteiger partial charge in [-0.15, -0.1) is 0 Å². The lowest BCUT2D eigenvalue weighted by atomic mass is 10.1. The highest BCUT2D eigenvalue weighted by atomic mass is 79.9. The molecule has 0 saturated carbocycles. The number of carbonyl (C=O) groups excluding carboxylic acids is 1. The van der Waals surface area contributed by atoms with Gasteiger partial charge in [-0.3, -0.25) is 5.32 Å². The second-order valence-corrected chi connectivity index (χ2v) is 6.06. The van der Waals surface area contributed by atoms with Crippen molar-refractivity contribution in [2.24, 2.45) is 0 Å². The third-order valence-corrected chi connectivity index (χ3v) is 2.87. The van der Waals surface area contributed by atoms with Crippen LogP contribution < -0.4 is 5.32 Å². The molecule has 1 amide bonds. The molecule has 0 bridgehead atoms. The van der Waals surface area contributed by atoms with Gasteiger partial charge in [0.1, 0.15) is 11.4 Å². The van der Waals surface area contributed by atoms with E-state index < -0.39 is 11.7 Å². The predicted molar refractivity (Wildman–Crippen MR) is 80.1 cm³/mol. The van der Waals surface area contributed by atoms with Crippen LogP contribution in [-0.2, 0) is 11.2 Å². The molecule has 0 heterocycles. The van der Waals surface area contributed by atoms with Crippen LogP contribution in [0.3, 0.4) is 0 Å². The summed E-state index contributed by atoms with van der Waals surface area (Å²) in [6.45, 7) is 5.40. The Labute approximate surface area is 122 Å². The van der Waals surface area contributed by atoms with Gasteiger partial charge in [-0.2, -0.15) is 0 Å². The summed E-state index contributed by atoms with van der Waals surface area (Å²) in [4.78, 5) is 11.6. The van der Waals surface area contributed by atoms with E-state index in [1.807, 2.05) is 6.07 Å². The predicted octanol–water partition coefficient (Wildman–Crippen LogP) is 4.07. The molecule has 1 aromatic rings. The maximum absolute atomic E-state index is 11.6. The third-order valence-electron chi connectivity index (χ3n) is 2.31. The summed E-state index contributed by atoms with van der Waals surface area (Å²) >= 11 is 3.35. The number of aryl methyl sites for hydroxylation is 1. The lowest BCUT2D eigenvalue weighted by Gasteiger charge is -2.19. The van der Waals surface area contributed by atoms with Gasteiger partial charge in [0.05, 0.1) is 0 Å². The number of ether oxygens (including phenoxy) is 1. The van der Waals surface area contributed by atoms with Gasteiger partial charge >= 0.3 is 6.09 Å². The lowest BCUT2D eigenvalue weighted by molar-refractivity contribution is 0.0636. The number of amides is 1. The third kappa shape index (κ3) is 5.96. The standard InChI is InChI=1S/C14H20BrNO3/c1-14(2,3)19-13(18)16-11-7-6-10(5-4-8-15)12(17)9-11/h6-7,9,17H,4-5,8H2,1-3H3,(H,16,18). The molecule has 19 heavy (non-hydrogen) atoms. The zero-order chi connectivity index (χ0) is 14.5. The molecule has 0 aromatic heterocycles. The zero-order valence-electron chi connectivity index (χ0n) is 11.5. The minimum absolute atomic E-state index is 0.189. The Kier molecular flexibility index (Phi) is 5.66. The Hall–Kier alpha value is -1.23. The highest BCUT2D eigenvalue weighted by Gasteiger charge is 2.16. The molecule has 0 unspecified atom stereocenters. The summed E-state index contributed by atoms with van der Waals surface area (Å²) in [6.07, 6.45) is 1.22. The first-order valence-corrected chi connectivity index (χ1v) is 7.32. The van der Waals surface area contributed by atoms with Crippen LogP contribution in [0.15, 0.2) is 18.2 Å². The minimum atomic E-state index is -0.540. The van der Waals surface area contributed by atoms with Crippen LogP contribution >= 0.6 is 15.9 Å². The normalized spacial score (nSPS) is 11.2. The van der Waals surface area contributed by atoms with E-state index in [4.69, 9.17) is 4.74 Å². The second kappa shape index (κ2) is 6.80. The summed E-state index contributed by atoms with van der Waals surface area (Å²) in [5.74, 6) is 0.189. The highest BCUT2D eigenvalue weighted by Crippen LogP contribution is 2.23. The first kappa shape index (κ1) is 15.8. The number of aromatic hydroxyl groups is 1. The van der Waals surface area contributed by atoms with E-state index in [2.05, 4.69) is 21.2 Å². The van der Waals surface area contributed by atoms with Gasteiger partial charge in [0.15, 0.2) is 0 Å². The fourth-order valence-corrected chi connectivity index (χ4v) is 1.81. The van der Waals surface area contributed by atoms with Crippen molar-refractivity contribution in [1.29, 1.82) is 0 Å². The van der Waals surface area contributed by atoms with E-state index in [0.29, 0.717) is 5.69 Å². The van der Waals surface area contributed by atoms with Crippen LogP contribution in [0, 0.1) is 0 Å². The van der Waals surface area contributed by atoms with Crippen molar-refractivity contribution in [2.45, 2.75) is 39.2 Å². The van der Waals surface area contributed by atoms with Gasteiger partial charge in [0, 0.05) is 17.1 Å². The average Bonchev–Trinajstić information content (AvgIpc) is 2.25. The number of phenols is 1. The Morgan fingerprint density at radius 2 is 2.11 bits per heavy atom. The van der Waals surface area contributed by atoms with Crippen LogP contribution in [0.1, 0.15) is 32.8 Å². The Morgan fingerprint density at radius 3 is 2.63 bits per heavy atom. The van der Waals surface area contributed by atoms with Crippen molar-refractivity contribution in [1.82, 2.24) is 0 Å². The average molecular weight is 330 g/mol. The van der Waals surface area contributed by atoms with Crippen molar-refractivity contribution < 1.29 is 14.6 Å². The molecule has 0 atom stereocenters. The van der Waals surface area contributed by atoms with Crippen LogP contribution in [0.4, 0.5) is 10.5 Å². The zero-order valence-corrected chi connectivity index (χ0v) is 13.1. The van der Waals surface area contributed by atoms with Crippen LogP contribution in [0.2, 0.25) is 0 Å². The van der Waals surface area contributed by atoms with Crippen LogP contribution in [-0.4, -0.2) is 22.1 Å². The molecule has 2 N–H and O–H groups in total. The van der Waals surface area contributed by atoms with Gasteiger partial charge in [-0.05, 0) is 45.2 Å². The minimum Gasteiger partial charge on any atom is -0.508 e. The number of carbonyl (C=O) groups is 1. The smallest absolute Gasteiger partial charge is 0.412 e. The number of rotatable bonds is 4. The van der Waals surface area contributed by atoms with Crippen molar-refractivity contribution >= 4 is 27.7 Å². The molecule has 0 aliphatic carbocycles. The van der Waals surface area contributed by atoms with Crippen molar-refractivity contribution in [3.63, 3.8) is 0 Å². The van der Waals surface area contributed by atoms with Gasteiger partial charge in [-0.1, -0.05) is 22.0 Å². The lowest BCUT2D eigenvalue weighted by Crippen LogP contribution is -2.27. The molecular weight excluding hydrogens is 310 g/mol. The monoisotopic (exact) mass is 329 g/mol. The number of alkyl halides is 1. The van der Waals surface area contributed by atoms with E-state index in [0.717, 1.165) is 23.7 Å². The van der Waals surface area contributed by atoms with Gasteiger partial charge in [0.25, 0.3) is 0 Å². The number of anilines is 1. The fraction of sp³-hybridized carbons (Fsp3) is 0.500. The number of benzene rings is 1. The van der Waals surface area contributed by atoms with Crippen LogP contribution in [0.25, 0.3) is 0 Å². The Bertz CT molecular complexity index is 441. The highest BCUT2D eigenvalue weighted by molar-refractivity contribution is 9.09. The summed E-state index contributed by atoms with van der Waals surface area (Å²) in [5.41, 5.74) is 0.852. The summed E-state index contributed by atoms with van der Waals surface area (Å²) in [7, 11) is 0. The number of halogens is 1. The number of hydrogen-bond donors (Lipinski definition) is 2. The molecule has 1 rings (SSSR count). The molecule has 0 aliphatic heterocycles. The molecule has 1 aromatic carbocycles. The van der Waals surface area contributed by atoms with E-state index in [9.17, 15) is 9.90 Å². The Morgan fingerprint density at radius 1 is 1.42 bits per heavy atom. The van der Waals surface area contributed by atoms with Gasteiger partial charge in [-0.25, -0.2) is 4.79 Å². The number of nitrogens with one attached hydrogen (secondary N) is 1. The number of hydrogen-bond acceptors (Lipinski definition) is 3. The Balaban J connectivity index is 2.65. The maximum Gasteiger partial charge on any atom is 0.412 e. The topological polar surface area (TPSA) is 58.6 Å². The first-order valence-electron chi connectivity index (χ1n) is 6.19. The second-order valence-electron chi connectivity index (χ2n) is 5.26. The van der Waals surface area contributed by atoms with E-state index in [1.54, 1.807) is 26.8 Å². The molecule has 4 nitrogen and oxygen atoms in total. The number of phenolic OH excluding ortho intramolecular Hbond substituents is 1. The van der Waals surface area contributed by atoms with Crippen molar-refractivity contribution in [3.05, 3.63) is 23.8 Å². The SMILES string of the molecule is CC(C)(C)OC(=O)Nc1ccc(CCCBr)c(O)c1. The quantitative estimate of drug-likeness (QED) is 0.818. The van der Waals surface area contributed by atoms with Crippen LogP contribution in [0.5, 0.6) is 5.75 Å². The first-order chi connectivity index (χ1) is 8.81. The molecule has 0 fully saturated rings. The summed E-state index contributed by atoms with van der Waals surface area (Å²) in [6, 6.07) is 5.10. The molecule has 0 saturated heterocycles. The fourth-order valence-electron chi connectivity index (χ4n) is 1.53. The summed E-state index contributed by atoms with van der Waals surface area (Å²) < 4.78 is 5.14. The molecule has 0 radical (unpaired) electrons. The maximum atomic E-state index is 11.6. The van der Waals surface area contributed by atoms with Gasteiger partial charge < -0.3 is 9.84 Å². The molecule has 0 spiro atoms. The van der Waals surface area contributed by atoms with Crippen molar-refractivity contribution in [2.75, 3.05) is 10.6 Å².